The van der Waals surface area contributed by atoms with Crippen molar-refractivity contribution >= 4 is 10.9 Å². The van der Waals surface area contributed by atoms with Crippen molar-refractivity contribution in [1.82, 2.24) is 9.55 Å². The van der Waals surface area contributed by atoms with E-state index in [1.165, 1.54) is 0 Å². The van der Waals surface area contributed by atoms with Crippen molar-refractivity contribution < 1.29 is 0 Å². The molecular weight excluding hydrogens is 236 g/mol. The zero-order valence-corrected chi connectivity index (χ0v) is 10.7. The number of rotatable bonds is 2. The summed E-state index contributed by atoms with van der Waals surface area (Å²) in [5, 5.41) is 1.10. The average molecular weight is 250 g/mol. The van der Waals surface area contributed by atoms with E-state index in [9.17, 15) is 4.79 Å². The van der Waals surface area contributed by atoms with Crippen LogP contribution in [-0.4, -0.2) is 9.55 Å². The first-order chi connectivity index (χ1) is 9.25. The van der Waals surface area contributed by atoms with Crippen LogP contribution in [0, 0.1) is 6.92 Å². The molecule has 1 aromatic carbocycles. The maximum absolute atomic E-state index is 12.1. The van der Waals surface area contributed by atoms with Crippen LogP contribution in [0.5, 0.6) is 0 Å². The van der Waals surface area contributed by atoms with Crippen molar-refractivity contribution in [1.29, 1.82) is 0 Å². The summed E-state index contributed by atoms with van der Waals surface area (Å²) in [6.45, 7) is 2.38. The lowest BCUT2D eigenvalue weighted by Gasteiger charge is -2.08. The molecule has 3 aromatic rings. The summed E-state index contributed by atoms with van der Waals surface area (Å²) < 4.78 is 1.72. The molecule has 94 valence electrons. The predicted molar refractivity (Wildman–Crippen MR) is 76.3 cm³/mol. The second-order valence-corrected chi connectivity index (χ2v) is 4.62. The van der Waals surface area contributed by atoms with Crippen LogP contribution >= 0.6 is 0 Å². The molecule has 0 fully saturated rings. The quantitative estimate of drug-likeness (QED) is 0.701. The van der Waals surface area contributed by atoms with Gasteiger partial charge in [0.25, 0.3) is 5.56 Å². The average Bonchev–Trinajstić information content (AvgIpc) is 2.44. The molecule has 0 aliphatic heterocycles. The topological polar surface area (TPSA) is 34.9 Å². The van der Waals surface area contributed by atoms with Gasteiger partial charge >= 0.3 is 0 Å². The number of hydrogen-bond acceptors (Lipinski definition) is 2. The molecule has 0 saturated carbocycles. The molecule has 3 nitrogen and oxygen atoms in total. The molecule has 19 heavy (non-hydrogen) atoms. The van der Waals surface area contributed by atoms with Gasteiger partial charge in [0.2, 0.25) is 0 Å². The first-order valence-electron chi connectivity index (χ1n) is 6.24. The van der Waals surface area contributed by atoms with Gasteiger partial charge in [-0.1, -0.05) is 30.3 Å². The normalized spacial score (nSPS) is 10.8. The number of nitrogens with zero attached hydrogens (tertiary/aromatic N) is 2. The van der Waals surface area contributed by atoms with Gasteiger partial charge in [-0.3, -0.25) is 9.78 Å². The Labute approximate surface area is 111 Å². The third-order valence-electron chi connectivity index (χ3n) is 3.27. The van der Waals surface area contributed by atoms with Crippen molar-refractivity contribution in [3.8, 4) is 0 Å². The Morgan fingerprint density at radius 3 is 2.84 bits per heavy atom. The fourth-order valence-electron chi connectivity index (χ4n) is 2.26. The molecule has 0 spiro atoms. The van der Waals surface area contributed by atoms with Gasteiger partial charge in [0.15, 0.2) is 0 Å². The summed E-state index contributed by atoms with van der Waals surface area (Å²) >= 11 is 0. The van der Waals surface area contributed by atoms with E-state index in [-0.39, 0.29) is 5.56 Å². The Morgan fingerprint density at radius 1 is 1.11 bits per heavy atom. The molecule has 0 atom stereocenters. The van der Waals surface area contributed by atoms with Crippen LogP contribution in [0.3, 0.4) is 0 Å². The van der Waals surface area contributed by atoms with Crippen LogP contribution in [0.25, 0.3) is 10.9 Å². The molecule has 0 bridgehead atoms. The molecule has 0 aliphatic carbocycles. The number of benzene rings is 1. The molecule has 0 saturated heterocycles. The van der Waals surface area contributed by atoms with Crippen LogP contribution < -0.4 is 5.56 Å². The number of aromatic nitrogens is 2. The maximum atomic E-state index is 12.1. The number of aryl methyl sites for hydroxylation is 1. The Hall–Kier alpha value is -2.42. The van der Waals surface area contributed by atoms with Crippen LogP contribution in [0.15, 0.2) is 59.7 Å². The standard InChI is InChI=1S/C16H14N2O/c1-12-5-4-10-18(16(12)19)11-14-7-2-6-13-8-3-9-17-15(13)14/h2-10H,11H2,1H3. The van der Waals surface area contributed by atoms with E-state index in [4.69, 9.17) is 0 Å². The highest BCUT2D eigenvalue weighted by Crippen LogP contribution is 2.16. The second-order valence-electron chi connectivity index (χ2n) is 4.62. The van der Waals surface area contributed by atoms with Crippen LogP contribution in [0.2, 0.25) is 0 Å². The summed E-state index contributed by atoms with van der Waals surface area (Å²) in [5.74, 6) is 0. The minimum absolute atomic E-state index is 0.0513. The van der Waals surface area contributed by atoms with Gasteiger partial charge in [0.1, 0.15) is 0 Å². The first-order valence-corrected chi connectivity index (χ1v) is 6.24. The largest absolute Gasteiger partial charge is 0.311 e. The Bertz CT molecular complexity index is 785. The van der Waals surface area contributed by atoms with Crippen molar-refractivity contribution in [2.75, 3.05) is 0 Å². The monoisotopic (exact) mass is 250 g/mol. The van der Waals surface area contributed by atoms with Gasteiger partial charge in [-0.25, -0.2) is 0 Å². The summed E-state index contributed by atoms with van der Waals surface area (Å²) in [5.41, 5.74) is 2.83. The van der Waals surface area contributed by atoms with Gasteiger partial charge in [0.05, 0.1) is 12.1 Å². The maximum Gasteiger partial charge on any atom is 0.253 e. The molecular formula is C16H14N2O. The van der Waals surface area contributed by atoms with Gasteiger partial charge in [-0.15, -0.1) is 0 Å². The Kier molecular flexibility index (Phi) is 2.88. The summed E-state index contributed by atoms with van der Waals surface area (Å²) in [7, 11) is 0. The Balaban J connectivity index is 2.11. The molecule has 0 N–H and O–H groups in total. The van der Waals surface area contributed by atoms with Crippen LogP contribution in [0.1, 0.15) is 11.1 Å². The lowest BCUT2D eigenvalue weighted by atomic mass is 10.1. The molecule has 3 heteroatoms. The van der Waals surface area contributed by atoms with Crippen molar-refractivity contribution in [2.45, 2.75) is 13.5 Å². The fraction of sp³-hybridized carbons (Fsp3) is 0.125. The van der Waals surface area contributed by atoms with Gasteiger partial charge in [0, 0.05) is 23.3 Å². The molecule has 2 aromatic heterocycles. The number of fused-ring (bicyclic) bond motifs is 1. The summed E-state index contributed by atoms with van der Waals surface area (Å²) in [4.78, 5) is 16.5. The van der Waals surface area contributed by atoms with Gasteiger partial charge in [-0.05, 0) is 24.6 Å². The van der Waals surface area contributed by atoms with E-state index in [0.717, 1.165) is 22.0 Å². The van der Waals surface area contributed by atoms with Crippen molar-refractivity contribution in [2.24, 2.45) is 0 Å². The fourth-order valence-corrected chi connectivity index (χ4v) is 2.26. The van der Waals surface area contributed by atoms with E-state index >= 15 is 0 Å². The lowest BCUT2D eigenvalue weighted by Crippen LogP contribution is -2.21. The van der Waals surface area contributed by atoms with Crippen molar-refractivity contribution in [3.63, 3.8) is 0 Å². The smallest absolute Gasteiger partial charge is 0.253 e. The highest BCUT2D eigenvalue weighted by Gasteiger charge is 2.04. The minimum atomic E-state index is 0.0513. The summed E-state index contributed by atoms with van der Waals surface area (Å²) in [6, 6.07) is 13.7. The van der Waals surface area contributed by atoms with Crippen molar-refractivity contribution in [3.05, 3.63) is 76.3 Å². The van der Waals surface area contributed by atoms with E-state index in [1.54, 1.807) is 10.8 Å². The molecule has 3 rings (SSSR count). The highest BCUT2D eigenvalue weighted by atomic mass is 16.1. The molecule has 0 aliphatic rings. The zero-order valence-electron chi connectivity index (χ0n) is 10.7. The van der Waals surface area contributed by atoms with E-state index in [1.807, 2.05) is 55.6 Å². The van der Waals surface area contributed by atoms with Gasteiger partial charge < -0.3 is 4.57 Å². The van der Waals surface area contributed by atoms with E-state index in [2.05, 4.69) is 4.98 Å². The van der Waals surface area contributed by atoms with Crippen LogP contribution in [-0.2, 0) is 6.54 Å². The predicted octanol–water partition coefficient (Wildman–Crippen LogP) is 2.75. The first kappa shape index (κ1) is 11.7. The molecule has 0 amide bonds. The van der Waals surface area contributed by atoms with Crippen LogP contribution in [0.4, 0.5) is 0 Å². The number of hydrogen-bond donors (Lipinski definition) is 0. The minimum Gasteiger partial charge on any atom is -0.311 e. The Morgan fingerprint density at radius 2 is 1.95 bits per heavy atom. The number of pyridine rings is 2. The molecule has 0 radical (unpaired) electrons. The van der Waals surface area contributed by atoms with E-state index < -0.39 is 0 Å². The highest BCUT2D eigenvalue weighted by molar-refractivity contribution is 5.81. The molecule has 2 heterocycles. The second kappa shape index (κ2) is 4.69. The number of para-hydroxylation sites is 1. The third kappa shape index (κ3) is 2.15. The summed E-state index contributed by atoms with van der Waals surface area (Å²) in [6.07, 6.45) is 3.60. The van der Waals surface area contributed by atoms with Gasteiger partial charge in [-0.2, -0.15) is 0 Å². The zero-order chi connectivity index (χ0) is 13.2. The lowest BCUT2D eigenvalue weighted by molar-refractivity contribution is 0.755. The molecule has 0 unspecified atom stereocenters. The SMILES string of the molecule is Cc1cccn(Cc2cccc3cccnc23)c1=O. The van der Waals surface area contributed by atoms with E-state index in [0.29, 0.717) is 6.54 Å². The third-order valence-corrected chi connectivity index (χ3v) is 3.27.